The smallest absolute Gasteiger partial charge is 0.161 e. The first-order valence-electron chi connectivity index (χ1n) is 8.24. The van der Waals surface area contributed by atoms with E-state index in [0.29, 0.717) is 25.0 Å². The lowest BCUT2D eigenvalue weighted by molar-refractivity contribution is 0.287. The fraction of sp³-hybridized carbons (Fsp3) is 0.667. The predicted molar refractivity (Wildman–Crippen MR) is 89.5 cm³/mol. The highest BCUT2D eigenvalue weighted by molar-refractivity contribution is 5.44. The summed E-state index contributed by atoms with van der Waals surface area (Å²) < 4.78 is 11.3. The lowest BCUT2D eigenvalue weighted by Crippen LogP contribution is -2.25. The molecule has 0 bridgehead atoms. The Balaban J connectivity index is 2.78. The summed E-state index contributed by atoms with van der Waals surface area (Å²) in [6.45, 7) is 14.2. The molecule has 21 heavy (non-hydrogen) atoms. The van der Waals surface area contributed by atoms with Gasteiger partial charge in [-0.15, -0.1) is 0 Å². The molecule has 2 unspecified atom stereocenters. The summed E-state index contributed by atoms with van der Waals surface area (Å²) in [5.74, 6) is 2.78. The summed E-state index contributed by atoms with van der Waals surface area (Å²) in [4.78, 5) is 0. The third kappa shape index (κ3) is 5.58. The maximum Gasteiger partial charge on any atom is 0.161 e. The normalized spacial score (nSPS) is 13.8. The third-order valence-corrected chi connectivity index (χ3v) is 3.84. The molecule has 1 N–H and O–H groups in total. The molecule has 0 aromatic heterocycles. The highest BCUT2D eigenvalue weighted by atomic mass is 16.5. The summed E-state index contributed by atoms with van der Waals surface area (Å²) in [5, 5.41) is 3.50. The molecule has 0 aliphatic carbocycles. The Bertz CT molecular complexity index is 406. The van der Waals surface area contributed by atoms with Crippen LogP contribution in [0.5, 0.6) is 11.5 Å². The predicted octanol–water partition coefficient (Wildman–Crippen LogP) is 4.22. The van der Waals surface area contributed by atoms with E-state index in [1.165, 1.54) is 12.0 Å². The van der Waals surface area contributed by atoms with Crippen molar-refractivity contribution in [3.63, 3.8) is 0 Å². The van der Waals surface area contributed by atoms with E-state index in [2.05, 4.69) is 38.2 Å². The van der Waals surface area contributed by atoms with E-state index in [9.17, 15) is 0 Å². The monoisotopic (exact) mass is 293 g/mol. The SMILES string of the molecule is CCCNCC(C)C(C)c1ccc(OCC)c(OCC)c1. The molecule has 1 rings (SSSR count). The van der Waals surface area contributed by atoms with Crippen LogP contribution in [0.1, 0.15) is 52.5 Å². The maximum absolute atomic E-state index is 5.72. The molecule has 120 valence electrons. The minimum absolute atomic E-state index is 0.490. The molecule has 0 radical (unpaired) electrons. The summed E-state index contributed by atoms with van der Waals surface area (Å²) in [6.07, 6.45) is 1.18. The molecule has 0 aliphatic heterocycles. The van der Waals surface area contributed by atoms with Crippen LogP contribution in [0.3, 0.4) is 0 Å². The molecular weight excluding hydrogens is 262 g/mol. The van der Waals surface area contributed by atoms with Gasteiger partial charge in [-0.2, -0.15) is 0 Å². The van der Waals surface area contributed by atoms with Crippen molar-refractivity contribution in [1.29, 1.82) is 0 Å². The van der Waals surface area contributed by atoms with E-state index in [1.807, 2.05) is 19.9 Å². The van der Waals surface area contributed by atoms with Crippen molar-refractivity contribution in [1.82, 2.24) is 5.32 Å². The van der Waals surface area contributed by atoms with E-state index < -0.39 is 0 Å². The highest BCUT2D eigenvalue weighted by Gasteiger charge is 2.16. The quantitative estimate of drug-likeness (QED) is 0.655. The third-order valence-electron chi connectivity index (χ3n) is 3.84. The summed E-state index contributed by atoms with van der Waals surface area (Å²) >= 11 is 0. The van der Waals surface area contributed by atoms with Gasteiger partial charge in [0.15, 0.2) is 11.5 Å². The second-order valence-electron chi connectivity index (χ2n) is 5.54. The van der Waals surface area contributed by atoms with Crippen LogP contribution in [0.4, 0.5) is 0 Å². The van der Waals surface area contributed by atoms with Crippen LogP contribution in [0.15, 0.2) is 18.2 Å². The van der Waals surface area contributed by atoms with Crippen LogP contribution in [0, 0.1) is 5.92 Å². The Morgan fingerprint density at radius 1 is 1.00 bits per heavy atom. The Morgan fingerprint density at radius 2 is 1.67 bits per heavy atom. The molecule has 1 aromatic rings. The minimum Gasteiger partial charge on any atom is -0.490 e. The van der Waals surface area contributed by atoms with Crippen molar-refractivity contribution >= 4 is 0 Å². The zero-order valence-electron chi connectivity index (χ0n) is 14.2. The number of hydrogen-bond acceptors (Lipinski definition) is 3. The van der Waals surface area contributed by atoms with Crippen molar-refractivity contribution in [2.45, 2.75) is 47.0 Å². The van der Waals surface area contributed by atoms with Crippen molar-refractivity contribution in [2.75, 3.05) is 26.3 Å². The maximum atomic E-state index is 5.72. The van der Waals surface area contributed by atoms with Gasteiger partial charge in [-0.25, -0.2) is 0 Å². The number of rotatable bonds is 10. The van der Waals surface area contributed by atoms with Gasteiger partial charge < -0.3 is 14.8 Å². The van der Waals surface area contributed by atoms with Crippen LogP contribution in [-0.4, -0.2) is 26.3 Å². The average molecular weight is 293 g/mol. The summed E-state index contributed by atoms with van der Waals surface area (Å²) in [5.41, 5.74) is 1.31. The van der Waals surface area contributed by atoms with Crippen LogP contribution < -0.4 is 14.8 Å². The van der Waals surface area contributed by atoms with Gasteiger partial charge in [-0.1, -0.05) is 26.8 Å². The molecule has 3 heteroatoms. The molecule has 0 heterocycles. The van der Waals surface area contributed by atoms with Crippen LogP contribution in [-0.2, 0) is 0 Å². The van der Waals surface area contributed by atoms with Crippen molar-refractivity contribution in [3.05, 3.63) is 23.8 Å². The van der Waals surface area contributed by atoms with Crippen LogP contribution in [0.2, 0.25) is 0 Å². The van der Waals surface area contributed by atoms with Crippen molar-refractivity contribution < 1.29 is 9.47 Å². The minimum atomic E-state index is 0.490. The zero-order valence-corrected chi connectivity index (χ0v) is 14.2. The molecule has 0 saturated carbocycles. The first-order chi connectivity index (χ1) is 10.1. The number of benzene rings is 1. The highest BCUT2D eigenvalue weighted by Crippen LogP contribution is 2.33. The lowest BCUT2D eigenvalue weighted by atomic mass is 9.88. The summed E-state index contributed by atoms with van der Waals surface area (Å²) in [6, 6.07) is 6.33. The molecule has 1 aromatic carbocycles. The van der Waals surface area contributed by atoms with E-state index in [4.69, 9.17) is 9.47 Å². The van der Waals surface area contributed by atoms with Gasteiger partial charge in [0, 0.05) is 0 Å². The fourth-order valence-electron chi connectivity index (χ4n) is 2.36. The van der Waals surface area contributed by atoms with Gasteiger partial charge in [0.25, 0.3) is 0 Å². The summed E-state index contributed by atoms with van der Waals surface area (Å²) in [7, 11) is 0. The van der Waals surface area contributed by atoms with Gasteiger partial charge in [-0.3, -0.25) is 0 Å². The molecule has 0 fully saturated rings. The van der Waals surface area contributed by atoms with Gasteiger partial charge >= 0.3 is 0 Å². The standard InChI is InChI=1S/C18H31NO2/c1-6-11-19-13-14(4)15(5)16-9-10-17(20-7-2)18(12-16)21-8-3/h9-10,12,14-15,19H,6-8,11,13H2,1-5H3. The van der Waals surface area contributed by atoms with Gasteiger partial charge in [0.1, 0.15) is 0 Å². The first-order valence-corrected chi connectivity index (χ1v) is 8.24. The van der Waals surface area contributed by atoms with Gasteiger partial charge in [0.05, 0.1) is 13.2 Å². The molecule has 0 aliphatic rings. The zero-order chi connectivity index (χ0) is 15.7. The Kier molecular flexibility index (Phi) is 8.21. The molecule has 2 atom stereocenters. The Morgan fingerprint density at radius 3 is 2.29 bits per heavy atom. The molecule has 3 nitrogen and oxygen atoms in total. The second-order valence-corrected chi connectivity index (χ2v) is 5.54. The van der Waals surface area contributed by atoms with Gasteiger partial charge in [-0.05, 0) is 62.9 Å². The largest absolute Gasteiger partial charge is 0.490 e. The average Bonchev–Trinajstić information content (AvgIpc) is 2.49. The van der Waals surface area contributed by atoms with E-state index in [1.54, 1.807) is 0 Å². The molecule has 0 amide bonds. The van der Waals surface area contributed by atoms with Crippen LogP contribution >= 0.6 is 0 Å². The molecule has 0 saturated heterocycles. The lowest BCUT2D eigenvalue weighted by Gasteiger charge is -2.22. The fourth-order valence-corrected chi connectivity index (χ4v) is 2.36. The number of ether oxygens (including phenoxy) is 2. The topological polar surface area (TPSA) is 30.5 Å². The Labute approximate surface area is 130 Å². The Hall–Kier alpha value is -1.22. The second kappa shape index (κ2) is 9.67. The van der Waals surface area contributed by atoms with E-state index >= 15 is 0 Å². The van der Waals surface area contributed by atoms with Gasteiger partial charge in [0.2, 0.25) is 0 Å². The first kappa shape index (κ1) is 17.8. The van der Waals surface area contributed by atoms with Crippen LogP contribution in [0.25, 0.3) is 0 Å². The molecular formula is C18H31NO2. The van der Waals surface area contributed by atoms with Crippen molar-refractivity contribution in [3.8, 4) is 11.5 Å². The molecule has 0 spiro atoms. The van der Waals surface area contributed by atoms with Crippen molar-refractivity contribution in [2.24, 2.45) is 5.92 Å². The van der Waals surface area contributed by atoms with E-state index in [-0.39, 0.29) is 0 Å². The number of nitrogens with one attached hydrogen (secondary N) is 1. The number of hydrogen-bond donors (Lipinski definition) is 1. The van der Waals surface area contributed by atoms with E-state index in [0.717, 1.165) is 24.6 Å².